The van der Waals surface area contributed by atoms with Crippen LogP contribution in [0.3, 0.4) is 0 Å². The summed E-state index contributed by atoms with van der Waals surface area (Å²) in [4.78, 5) is 0. The first kappa shape index (κ1) is 10.9. The second kappa shape index (κ2) is 4.30. The topological polar surface area (TPSA) is 18.5 Å². The summed E-state index contributed by atoms with van der Waals surface area (Å²) < 4.78 is 11.3. The highest BCUT2D eigenvalue weighted by molar-refractivity contribution is 5.49. The zero-order valence-corrected chi connectivity index (χ0v) is 10.8. The molecule has 96 valence electrons. The highest BCUT2D eigenvalue weighted by Crippen LogP contribution is 2.41. The fourth-order valence-corrected chi connectivity index (χ4v) is 3.18. The Bertz CT molecular complexity index is 618. The van der Waals surface area contributed by atoms with Gasteiger partial charge in [-0.2, -0.15) is 0 Å². The number of aryl methyl sites for hydroxylation is 1. The Labute approximate surface area is 113 Å². The predicted octanol–water partition coefficient (Wildman–Crippen LogP) is 3.54. The molecule has 0 bridgehead atoms. The van der Waals surface area contributed by atoms with Gasteiger partial charge in [-0.25, -0.2) is 0 Å². The van der Waals surface area contributed by atoms with Crippen LogP contribution >= 0.6 is 0 Å². The molecule has 4 rings (SSSR count). The summed E-state index contributed by atoms with van der Waals surface area (Å²) in [6.45, 7) is 1.30. The van der Waals surface area contributed by atoms with Crippen LogP contribution in [0.5, 0.6) is 11.5 Å². The third-order valence-electron chi connectivity index (χ3n) is 4.10. The largest absolute Gasteiger partial charge is 0.486 e. The third kappa shape index (κ3) is 1.79. The minimum absolute atomic E-state index is 0.507. The summed E-state index contributed by atoms with van der Waals surface area (Å²) in [6, 6.07) is 15.1. The fourth-order valence-electron chi connectivity index (χ4n) is 3.18. The van der Waals surface area contributed by atoms with E-state index in [-0.39, 0.29) is 0 Å². The number of hydrogen-bond acceptors (Lipinski definition) is 2. The van der Waals surface area contributed by atoms with Crippen molar-refractivity contribution >= 4 is 0 Å². The van der Waals surface area contributed by atoms with Crippen molar-refractivity contribution in [2.45, 2.75) is 18.8 Å². The molecule has 0 amide bonds. The molecule has 0 N–H and O–H groups in total. The van der Waals surface area contributed by atoms with Gasteiger partial charge in [-0.1, -0.05) is 30.3 Å². The first-order valence-electron chi connectivity index (χ1n) is 6.89. The summed E-state index contributed by atoms with van der Waals surface area (Å²) in [5.41, 5.74) is 4.30. The van der Waals surface area contributed by atoms with Crippen molar-refractivity contribution < 1.29 is 9.47 Å². The summed E-state index contributed by atoms with van der Waals surface area (Å²) in [6.07, 6.45) is 2.37. The molecular formula is C17H16O2. The van der Waals surface area contributed by atoms with Crippen LogP contribution in [0.4, 0.5) is 0 Å². The molecule has 0 spiro atoms. The molecule has 0 saturated carbocycles. The lowest BCUT2D eigenvalue weighted by atomic mass is 9.93. The number of ether oxygens (including phenoxy) is 2. The molecule has 2 aromatic rings. The highest BCUT2D eigenvalue weighted by Gasteiger charge is 2.24. The fraction of sp³-hybridized carbons (Fsp3) is 0.294. The molecule has 0 saturated heterocycles. The normalized spacial score (nSPS) is 20.1. The van der Waals surface area contributed by atoms with Gasteiger partial charge in [-0.3, -0.25) is 0 Å². The maximum atomic E-state index is 5.69. The van der Waals surface area contributed by atoms with Gasteiger partial charge in [0, 0.05) is 5.92 Å². The van der Waals surface area contributed by atoms with Crippen LogP contribution in [0.25, 0.3) is 0 Å². The summed E-state index contributed by atoms with van der Waals surface area (Å²) in [5.74, 6) is 2.28. The highest BCUT2D eigenvalue weighted by atomic mass is 16.6. The second-order valence-corrected chi connectivity index (χ2v) is 5.19. The number of rotatable bonds is 1. The lowest BCUT2D eigenvalue weighted by molar-refractivity contribution is 0.171. The molecule has 2 heteroatoms. The van der Waals surface area contributed by atoms with Gasteiger partial charge in [0.1, 0.15) is 13.2 Å². The van der Waals surface area contributed by atoms with Crippen LogP contribution < -0.4 is 9.47 Å². The van der Waals surface area contributed by atoms with E-state index < -0.39 is 0 Å². The lowest BCUT2D eigenvalue weighted by Crippen LogP contribution is -2.15. The molecular weight excluding hydrogens is 236 g/mol. The molecule has 1 heterocycles. The zero-order chi connectivity index (χ0) is 12.7. The van der Waals surface area contributed by atoms with Gasteiger partial charge < -0.3 is 9.47 Å². The Hall–Kier alpha value is -1.96. The van der Waals surface area contributed by atoms with Gasteiger partial charge in [-0.15, -0.1) is 0 Å². The van der Waals surface area contributed by atoms with Crippen LogP contribution in [-0.2, 0) is 6.42 Å². The van der Waals surface area contributed by atoms with E-state index in [1.165, 1.54) is 29.5 Å². The van der Waals surface area contributed by atoms with E-state index >= 15 is 0 Å². The molecule has 0 fully saturated rings. The molecule has 1 atom stereocenters. The van der Waals surface area contributed by atoms with Crippen molar-refractivity contribution in [1.29, 1.82) is 0 Å². The quantitative estimate of drug-likeness (QED) is 0.773. The maximum absolute atomic E-state index is 5.69. The van der Waals surface area contributed by atoms with Gasteiger partial charge in [0.15, 0.2) is 11.5 Å². The molecule has 0 radical (unpaired) electrons. The van der Waals surface area contributed by atoms with Crippen molar-refractivity contribution in [3.8, 4) is 11.5 Å². The van der Waals surface area contributed by atoms with Crippen LogP contribution in [0.2, 0.25) is 0 Å². The van der Waals surface area contributed by atoms with Crippen LogP contribution in [-0.4, -0.2) is 13.2 Å². The average molecular weight is 252 g/mol. The van der Waals surface area contributed by atoms with Crippen LogP contribution in [0.1, 0.15) is 29.0 Å². The van der Waals surface area contributed by atoms with Crippen molar-refractivity contribution in [2.75, 3.05) is 13.2 Å². The van der Waals surface area contributed by atoms with E-state index in [4.69, 9.17) is 9.47 Å². The first-order chi connectivity index (χ1) is 9.42. The molecule has 1 aliphatic carbocycles. The molecule has 2 aliphatic rings. The molecule has 1 aliphatic heterocycles. The second-order valence-electron chi connectivity index (χ2n) is 5.19. The minimum Gasteiger partial charge on any atom is -0.486 e. The van der Waals surface area contributed by atoms with Gasteiger partial charge in [0.25, 0.3) is 0 Å². The zero-order valence-electron chi connectivity index (χ0n) is 10.8. The Balaban J connectivity index is 1.74. The van der Waals surface area contributed by atoms with E-state index in [1.54, 1.807) is 0 Å². The Morgan fingerprint density at radius 3 is 2.68 bits per heavy atom. The maximum Gasteiger partial charge on any atom is 0.161 e. The van der Waals surface area contributed by atoms with Crippen molar-refractivity contribution in [1.82, 2.24) is 0 Å². The molecule has 0 aromatic heterocycles. The summed E-state index contributed by atoms with van der Waals surface area (Å²) >= 11 is 0. The van der Waals surface area contributed by atoms with Crippen molar-refractivity contribution in [3.05, 3.63) is 59.2 Å². The predicted molar refractivity (Wildman–Crippen MR) is 74.0 cm³/mol. The number of fused-ring (bicyclic) bond motifs is 2. The van der Waals surface area contributed by atoms with Gasteiger partial charge >= 0.3 is 0 Å². The van der Waals surface area contributed by atoms with E-state index in [0.29, 0.717) is 19.1 Å². The summed E-state index contributed by atoms with van der Waals surface area (Å²) in [5, 5.41) is 0. The smallest absolute Gasteiger partial charge is 0.161 e. The van der Waals surface area contributed by atoms with Gasteiger partial charge in [-0.05, 0) is 41.7 Å². The van der Waals surface area contributed by atoms with E-state index in [0.717, 1.165) is 11.5 Å². The SMILES string of the molecule is c1ccc2c(c1)CCC2c1ccc2c(c1)OCCO2. The van der Waals surface area contributed by atoms with E-state index in [9.17, 15) is 0 Å². The third-order valence-corrected chi connectivity index (χ3v) is 4.10. The standard InChI is InChI=1S/C17H16O2/c1-2-4-14-12(3-1)5-7-15(14)13-6-8-16-17(11-13)19-10-9-18-16/h1-4,6,8,11,15H,5,7,9-10H2. The Morgan fingerprint density at radius 2 is 1.74 bits per heavy atom. The van der Waals surface area contributed by atoms with Gasteiger partial charge in [0.2, 0.25) is 0 Å². The molecule has 2 aromatic carbocycles. The Morgan fingerprint density at radius 1 is 0.895 bits per heavy atom. The van der Waals surface area contributed by atoms with Crippen LogP contribution in [0, 0.1) is 0 Å². The molecule has 1 unspecified atom stereocenters. The Kier molecular flexibility index (Phi) is 2.47. The van der Waals surface area contributed by atoms with Crippen molar-refractivity contribution in [3.63, 3.8) is 0 Å². The van der Waals surface area contributed by atoms with E-state index in [2.05, 4.69) is 36.4 Å². The van der Waals surface area contributed by atoms with Crippen LogP contribution in [0.15, 0.2) is 42.5 Å². The first-order valence-corrected chi connectivity index (χ1v) is 6.89. The van der Waals surface area contributed by atoms with E-state index in [1.807, 2.05) is 6.07 Å². The molecule has 19 heavy (non-hydrogen) atoms. The monoisotopic (exact) mass is 252 g/mol. The van der Waals surface area contributed by atoms with Gasteiger partial charge in [0.05, 0.1) is 0 Å². The number of hydrogen-bond donors (Lipinski definition) is 0. The summed E-state index contributed by atoms with van der Waals surface area (Å²) in [7, 11) is 0. The average Bonchev–Trinajstić information content (AvgIpc) is 2.91. The lowest BCUT2D eigenvalue weighted by Gasteiger charge is -2.20. The van der Waals surface area contributed by atoms with Crippen molar-refractivity contribution in [2.24, 2.45) is 0 Å². The minimum atomic E-state index is 0.507. The number of benzene rings is 2. The molecule has 2 nitrogen and oxygen atoms in total.